The number of aryl methyl sites for hydroxylation is 1. The van der Waals surface area contributed by atoms with E-state index in [0.717, 1.165) is 17.8 Å². The number of carbonyl (C=O) groups excluding carboxylic acids is 1. The maximum Gasteiger partial charge on any atom is 0.264 e. The van der Waals surface area contributed by atoms with Crippen molar-refractivity contribution in [2.24, 2.45) is 0 Å². The summed E-state index contributed by atoms with van der Waals surface area (Å²) in [6, 6.07) is 10.2. The summed E-state index contributed by atoms with van der Waals surface area (Å²) >= 11 is 12.3. The fraction of sp³-hybridized carbons (Fsp3) is 0.300. The number of amides is 1. The van der Waals surface area contributed by atoms with Crippen LogP contribution in [-0.2, 0) is 16.6 Å². The number of benzene rings is 2. The maximum absolute atomic E-state index is 12.5. The van der Waals surface area contributed by atoms with E-state index < -0.39 is 15.9 Å². The first kappa shape index (κ1) is 21.6. The number of fused-ring (bicyclic) bond motifs is 1. The highest BCUT2D eigenvalue weighted by Crippen LogP contribution is 2.25. The highest BCUT2D eigenvalue weighted by Gasteiger charge is 2.18. The lowest BCUT2D eigenvalue weighted by Gasteiger charge is -2.10. The second-order valence-electron chi connectivity index (χ2n) is 6.79. The van der Waals surface area contributed by atoms with Crippen LogP contribution in [0.1, 0.15) is 41.5 Å². The molecule has 3 aromatic rings. The Morgan fingerprint density at radius 1 is 1.17 bits per heavy atom. The number of rotatable bonds is 7. The quantitative estimate of drug-likeness (QED) is 0.568. The van der Waals surface area contributed by atoms with Crippen molar-refractivity contribution in [3.8, 4) is 0 Å². The number of halogens is 2. The molecule has 0 aliphatic rings. The van der Waals surface area contributed by atoms with Crippen LogP contribution in [0.5, 0.6) is 0 Å². The van der Waals surface area contributed by atoms with E-state index in [1.807, 2.05) is 24.5 Å². The maximum atomic E-state index is 12.5. The third kappa shape index (κ3) is 5.10. The molecule has 1 heterocycles. The molecule has 2 aromatic carbocycles. The molecule has 0 unspecified atom stereocenters. The summed E-state index contributed by atoms with van der Waals surface area (Å²) in [5.74, 6) is 0.0147. The highest BCUT2D eigenvalue weighted by atomic mass is 35.5. The Morgan fingerprint density at radius 2 is 1.93 bits per heavy atom. The van der Waals surface area contributed by atoms with Gasteiger partial charge in [0.1, 0.15) is 5.82 Å². The first-order valence-corrected chi connectivity index (χ1v) is 11.6. The van der Waals surface area contributed by atoms with Crippen molar-refractivity contribution >= 4 is 50.2 Å². The van der Waals surface area contributed by atoms with Gasteiger partial charge in [-0.25, -0.2) is 18.1 Å². The van der Waals surface area contributed by atoms with Gasteiger partial charge in [0.25, 0.3) is 5.91 Å². The molecule has 0 spiro atoms. The smallest absolute Gasteiger partial charge is 0.264 e. The summed E-state index contributed by atoms with van der Waals surface area (Å²) in [5, 5.41) is 1.09. The molecule has 9 heteroatoms. The number of hydrogen-bond acceptors (Lipinski definition) is 4. The Kier molecular flexibility index (Phi) is 6.51. The van der Waals surface area contributed by atoms with E-state index in [-0.39, 0.29) is 11.3 Å². The summed E-state index contributed by atoms with van der Waals surface area (Å²) in [5.41, 5.74) is 2.53. The summed E-state index contributed by atoms with van der Waals surface area (Å²) < 4.78 is 28.1. The molecule has 0 atom stereocenters. The zero-order valence-corrected chi connectivity index (χ0v) is 18.4. The molecule has 6 nitrogen and oxygen atoms in total. The molecule has 1 N–H and O–H groups in total. The minimum atomic E-state index is -3.66. The normalized spacial score (nSPS) is 11.7. The first-order valence-electron chi connectivity index (χ1n) is 9.16. The number of hydrogen-bond donors (Lipinski definition) is 1. The second kappa shape index (κ2) is 8.73. The van der Waals surface area contributed by atoms with Gasteiger partial charge in [-0.15, -0.1) is 0 Å². The lowest BCUT2D eigenvalue weighted by atomic mass is 10.2. The second-order valence-corrected chi connectivity index (χ2v) is 9.47. The summed E-state index contributed by atoms with van der Waals surface area (Å²) in [6.07, 6.45) is 1.22. The van der Waals surface area contributed by atoms with Gasteiger partial charge in [0.05, 0.1) is 23.3 Å². The van der Waals surface area contributed by atoms with Crippen LogP contribution in [0.4, 0.5) is 0 Å². The SMILES string of the molecule is CCCCS(=O)(=O)NC(=O)c1ccc2nc(C)n(Cc3ccc(Cl)cc3Cl)c2c1. The predicted octanol–water partition coefficient (Wildman–Crippen LogP) is 4.56. The number of carbonyl (C=O) groups is 1. The molecule has 1 aromatic heterocycles. The van der Waals surface area contributed by atoms with Crippen molar-refractivity contribution in [1.29, 1.82) is 0 Å². The zero-order chi connectivity index (χ0) is 21.2. The van der Waals surface area contributed by atoms with Crippen molar-refractivity contribution in [2.45, 2.75) is 33.2 Å². The van der Waals surface area contributed by atoms with Crippen LogP contribution < -0.4 is 4.72 Å². The lowest BCUT2D eigenvalue weighted by molar-refractivity contribution is 0.0981. The van der Waals surface area contributed by atoms with E-state index in [0.29, 0.717) is 34.0 Å². The fourth-order valence-corrected chi connectivity index (χ4v) is 4.63. The van der Waals surface area contributed by atoms with Crippen LogP contribution in [0.2, 0.25) is 10.0 Å². The van der Waals surface area contributed by atoms with E-state index in [4.69, 9.17) is 23.2 Å². The lowest BCUT2D eigenvalue weighted by Crippen LogP contribution is -2.32. The molecule has 0 saturated heterocycles. The molecule has 0 fully saturated rings. The summed E-state index contributed by atoms with van der Waals surface area (Å²) in [4.78, 5) is 17.0. The molecule has 29 heavy (non-hydrogen) atoms. The highest BCUT2D eigenvalue weighted by molar-refractivity contribution is 7.90. The van der Waals surface area contributed by atoms with Crippen LogP contribution in [0.25, 0.3) is 11.0 Å². The Hall–Kier alpha value is -2.09. The molecular formula is C20H21Cl2N3O3S. The number of imidazole rings is 1. The van der Waals surface area contributed by atoms with Gasteiger partial charge in [-0.1, -0.05) is 42.6 Å². The monoisotopic (exact) mass is 453 g/mol. The largest absolute Gasteiger partial charge is 0.324 e. The fourth-order valence-electron chi connectivity index (χ4n) is 2.99. The Morgan fingerprint density at radius 3 is 2.62 bits per heavy atom. The molecule has 0 aliphatic carbocycles. The van der Waals surface area contributed by atoms with Crippen molar-refractivity contribution < 1.29 is 13.2 Å². The van der Waals surface area contributed by atoms with E-state index in [1.165, 1.54) is 0 Å². The molecule has 0 bridgehead atoms. The standard InChI is InChI=1S/C20H21Cl2N3O3S/c1-3-4-9-29(27,28)24-20(26)14-6-8-18-19(10-14)25(13(2)23-18)12-15-5-7-16(21)11-17(15)22/h5-8,10-11H,3-4,9,12H2,1-2H3,(H,24,26). The number of nitrogens with zero attached hydrogens (tertiary/aromatic N) is 2. The van der Waals surface area contributed by atoms with E-state index >= 15 is 0 Å². The molecule has 0 radical (unpaired) electrons. The number of nitrogens with one attached hydrogen (secondary N) is 1. The van der Waals surface area contributed by atoms with Gasteiger partial charge in [0.15, 0.2) is 0 Å². The van der Waals surface area contributed by atoms with Crippen LogP contribution in [0.3, 0.4) is 0 Å². The Bertz CT molecular complexity index is 1170. The van der Waals surface area contributed by atoms with Crippen LogP contribution in [0.15, 0.2) is 36.4 Å². The predicted molar refractivity (Wildman–Crippen MR) is 116 cm³/mol. The summed E-state index contributed by atoms with van der Waals surface area (Å²) in [6.45, 7) is 4.19. The van der Waals surface area contributed by atoms with Crippen LogP contribution in [0, 0.1) is 6.92 Å². The molecule has 154 valence electrons. The van der Waals surface area contributed by atoms with Crippen molar-refractivity contribution in [3.05, 3.63) is 63.4 Å². The number of unbranched alkanes of at least 4 members (excludes halogenated alkanes) is 1. The minimum Gasteiger partial charge on any atom is -0.324 e. The van der Waals surface area contributed by atoms with Crippen LogP contribution >= 0.6 is 23.2 Å². The van der Waals surface area contributed by atoms with Gasteiger partial charge >= 0.3 is 0 Å². The van der Waals surface area contributed by atoms with Crippen molar-refractivity contribution in [2.75, 3.05) is 5.75 Å². The average Bonchev–Trinajstić information content (AvgIpc) is 2.96. The number of sulfonamides is 1. The van der Waals surface area contributed by atoms with E-state index in [9.17, 15) is 13.2 Å². The summed E-state index contributed by atoms with van der Waals surface area (Å²) in [7, 11) is -3.66. The number of aromatic nitrogens is 2. The van der Waals surface area contributed by atoms with E-state index in [2.05, 4.69) is 9.71 Å². The molecular weight excluding hydrogens is 433 g/mol. The van der Waals surface area contributed by atoms with Gasteiger partial charge in [-0.3, -0.25) is 4.79 Å². The third-order valence-electron chi connectivity index (χ3n) is 4.56. The molecule has 0 aliphatic heterocycles. The Balaban J connectivity index is 1.93. The minimum absolute atomic E-state index is 0.0798. The van der Waals surface area contributed by atoms with E-state index in [1.54, 1.807) is 30.3 Å². The first-order chi connectivity index (χ1) is 13.7. The van der Waals surface area contributed by atoms with Gasteiger partial charge in [-0.2, -0.15) is 0 Å². The topological polar surface area (TPSA) is 81.1 Å². The Labute approximate surface area is 179 Å². The van der Waals surface area contributed by atoms with Gasteiger partial charge in [0.2, 0.25) is 10.0 Å². The third-order valence-corrected chi connectivity index (χ3v) is 6.47. The average molecular weight is 454 g/mol. The van der Waals surface area contributed by atoms with Gasteiger partial charge in [-0.05, 0) is 49.2 Å². The molecule has 1 amide bonds. The molecule has 0 saturated carbocycles. The van der Waals surface area contributed by atoms with Gasteiger partial charge < -0.3 is 4.57 Å². The van der Waals surface area contributed by atoms with Crippen LogP contribution in [-0.4, -0.2) is 29.6 Å². The van der Waals surface area contributed by atoms with Crippen molar-refractivity contribution in [1.82, 2.24) is 14.3 Å². The van der Waals surface area contributed by atoms with Gasteiger partial charge in [0, 0.05) is 15.6 Å². The molecule has 3 rings (SSSR count). The zero-order valence-electron chi connectivity index (χ0n) is 16.1. The van der Waals surface area contributed by atoms with Crippen molar-refractivity contribution in [3.63, 3.8) is 0 Å².